The first-order valence-corrected chi connectivity index (χ1v) is 9.60. The van der Waals surface area contributed by atoms with Crippen LogP contribution in [0.2, 0.25) is 0 Å². The second kappa shape index (κ2) is 11.1. The number of methoxy groups -OCH3 is 1. The molecule has 0 atom stereocenters. The van der Waals surface area contributed by atoms with Gasteiger partial charge in [0, 0.05) is 0 Å². The van der Waals surface area contributed by atoms with Gasteiger partial charge < -0.3 is 14.2 Å². The number of carbonyl (C=O) groups is 2. The van der Waals surface area contributed by atoms with Crippen LogP contribution in [0.3, 0.4) is 0 Å². The van der Waals surface area contributed by atoms with Gasteiger partial charge in [-0.25, -0.2) is 14.6 Å². The third-order valence-electron chi connectivity index (χ3n) is 4.22. The van der Waals surface area contributed by atoms with E-state index in [1.807, 2.05) is 6.07 Å². The van der Waals surface area contributed by atoms with Gasteiger partial charge in [-0.1, -0.05) is 18.2 Å². The molecule has 0 saturated heterocycles. The third-order valence-corrected chi connectivity index (χ3v) is 4.22. The average Bonchev–Trinajstić information content (AvgIpc) is 2.83. The molecule has 9 heteroatoms. The molecule has 0 unspecified atom stereocenters. The number of nitrogens with one attached hydrogen (secondary N) is 1. The number of benzene rings is 3. The Bertz CT molecular complexity index is 1240. The minimum Gasteiger partial charge on any atom is -0.493 e. The maximum atomic E-state index is 13.3. The summed E-state index contributed by atoms with van der Waals surface area (Å²) in [5.41, 5.74) is 3.24. The van der Waals surface area contributed by atoms with E-state index in [9.17, 15) is 14.0 Å². The van der Waals surface area contributed by atoms with Crippen LogP contribution < -0.4 is 19.6 Å². The molecule has 0 aliphatic carbocycles. The largest absolute Gasteiger partial charge is 0.493 e. The number of carbonyl (C=O) groups excluding carboxylic acids is 2. The summed E-state index contributed by atoms with van der Waals surface area (Å²) in [6.45, 7) is -0.325. The molecule has 0 bridgehead atoms. The molecule has 166 valence electrons. The van der Waals surface area contributed by atoms with Gasteiger partial charge >= 0.3 is 5.97 Å². The third kappa shape index (κ3) is 6.38. The molecule has 1 N–H and O–H groups in total. The number of hydrogen-bond donors (Lipinski definition) is 1. The molecule has 3 aromatic rings. The highest BCUT2D eigenvalue weighted by Crippen LogP contribution is 2.28. The Morgan fingerprint density at radius 3 is 2.64 bits per heavy atom. The highest BCUT2D eigenvalue weighted by atomic mass is 19.1. The van der Waals surface area contributed by atoms with Crippen molar-refractivity contribution in [2.24, 2.45) is 5.10 Å². The van der Waals surface area contributed by atoms with Crippen LogP contribution in [0.1, 0.15) is 21.5 Å². The molecule has 1 amide bonds. The fraction of sp³-hybridized carbons (Fsp3) is 0.0833. The first kappa shape index (κ1) is 23.0. The van der Waals surface area contributed by atoms with E-state index in [0.717, 1.165) is 6.07 Å². The lowest BCUT2D eigenvalue weighted by atomic mass is 10.2. The van der Waals surface area contributed by atoms with Crippen LogP contribution in [0.25, 0.3) is 0 Å². The van der Waals surface area contributed by atoms with Crippen molar-refractivity contribution in [3.05, 3.63) is 89.2 Å². The van der Waals surface area contributed by atoms with Gasteiger partial charge in [-0.2, -0.15) is 10.4 Å². The Kier molecular flexibility index (Phi) is 7.70. The van der Waals surface area contributed by atoms with Gasteiger partial charge in [0.1, 0.15) is 17.6 Å². The minimum atomic E-state index is -0.737. The molecule has 0 radical (unpaired) electrons. The summed E-state index contributed by atoms with van der Waals surface area (Å²) in [7, 11) is 1.40. The van der Waals surface area contributed by atoms with E-state index in [2.05, 4.69) is 10.5 Å². The smallest absolute Gasteiger partial charge is 0.343 e. The van der Waals surface area contributed by atoms with Gasteiger partial charge in [-0.3, -0.25) is 4.79 Å². The topological polar surface area (TPSA) is 110 Å². The number of hydrogen-bond acceptors (Lipinski definition) is 7. The van der Waals surface area contributed by atoms with Gasteiger partial charge in [-0.15, -0.1) is 0 Å². The Morgan fingerprint density at radius 2 is 1.88 bits per heavy atom. The van der Waals surface area contributed by atoms with Gasteiger partial charge in [0.05, 0.1) is 24.5 Å². The number of esters is 1. The van der Waals surface area contributed by atoms with Crippen molar-refractivity contribution in [2.75, 3.05) is 13.7 Å². The van der Waals surface area contributed by atoms with Crippen LogP contribution in [-0.2, 0) is 4.79 Å². The normalized spacial score (nSPS) is 10.3. The molecule has 0 aromatic heterocycles. The first-order chi connectivity index (χ1) is 16.0. The molecule has 0 heterocycles. The van der Waals surface area contributed by atoms with E-state index in [1.54, 1.807) is 36.4 Å². The maximum Gasteiger partial charge on any atom is 0.343 e. The predicted octanol–water partition coefficient (Wildman–Crippen LogP) is 3.45. The fourth-order valence-electron chi connectivity index (χ4n) is 2.66. The Labute approximate surface area is 188 Å². The van der Waals surface area contributed by atoms with Crippen LogP contribution in [0.5, 0.6) is 17.2 Å². The Balaban J connectivity index is 1.58. The zero-order valence-electron chi connectivity index (χ0n) is 17.4. The molecule has 0 aliphatic rings. The number of nitrogens with zero attached hydrogens (tertiary/aromatic N) is 2. The van der Waals surface area contributed by atoms with Crippen LogP contribution in [0.4, 0.5) is 4.39 Å². The predicted molar refractivity (Wildman–Crippen MR) is 117 cm³/mol. The molecular formula is C24H18FN3O5. The minimum absolute atomic E-state index is 0.0602. The van der Waals surface area contributed by atoms with E-state index >= 15 is 0 Å². The van der Waals surface area contributed by atoms with E-state index in [1.165, 1.54) is 37.6 Å². The second-order valence-electron chi connectivity index (χ2n) is 6.50. The summed E-state index contributed by atoms with van der Waals surface area (Å²) in [6.07, 6.45) is 1.36. The summed E-state index contributed by atoms with van der Waals surface area (Å²) in [6, 6.07) is 18.3. The van der Waals surface area contributed by atoms with E-state index < -0.39 is 17.7 Å². The number of nitriles is 1. The van der Waals surface area contributed by atoms with E-state index in [-0.39, 0.29) is 23.7 Å². The number of para-hydroxylation sites is 1. The number of halogens is 1. The van der Waals surface area contributed by atoms with Gasteiger partial charge in [0.2, 0.25) is 0 Å². The highest BCUT2D eigenvalue weighted by Gasteiger charge is 2.13. The summed E-state index contributed by atoms with van der Waals surface area (Å²) >= 11 is 0. The zero-order valence-corrected chi connectivity index (χ0v) is 17.4. The molecule has 0 aliphatic heterocycles. The number of ether oxygens (including phenoxy) is 3. The van der Waals surface area contributed by atoms with Gasteiger partial charge in [0.15, 0.2) is 18.1 Å². The molecule has 8 nitrogen and oxygen atoms in total. The molecular weight excluding hydrogens is 429 g/mol. The molecule has 0 spiro atoms. The van der Waals surface area contributed by atoms with Crippen LogP contribution in [0, 0.1) is 17.1 Å². The van der Waals surface area contributed by atoms with Crippen molar-refractivity contribution in [1.29, 1.82) is 5.26 Å². The number of amides is 1. The fourth-order valence-corrected chi connectivity index (χ4v) is 2.66. The van der Waals surface area contributed by atoms with Crippen molar-refractivity contribution in [3.8, 4) is 23.3 Å². The van der Waals surface area contributed by atoms with E-state index in [0.29, 0.717) is 16.9 Å². The summed E-state index contributed by atoms with van der Waals surface area (Å²) in [5, 5.41) is 12.9. The van der Waals surface area contributed by atoms with Crippen LogP contribution >= 0.6 is 0 Å². The Hall–Kier alpha value is -4.71. The standard InChI is InChI=1S/C24H18FN3O5/c1-31-22-11-16(9-10-21(22)33-24(30)17-6-4-7-19(25)12-17)14-27-28-23(29)15-32-20-8-3-2-5-18(20)13-26/h2-12,14H,15H2,1H3,(H,28,29)/b27-14-. The Morgan fingerprint density at radius 1 is 1.06 bits per heavy atom. The highest BCUT2D eigenvalue weighted by molar-refractivity contribution is 5.91. The summed E-state index contributed by atoms with van der Waals surface area (Å²) in [4.78, 5) is 24.1. The lowest BCUT2D eigenvalue weighted by molar-refractivity contribution is -0.123. The van der Waals surface area contributed by atoms with Crippen LogP contribution in [0.15, 0.2) is 71.8 Å². The quantitative estimate of drug-likeness (QED) is 0.245. The number of rotatable bonds is 8. The van der Waals surface area contributed by atoms with Crippen molar-refractivity contribution in [1.82, 2.24) is 5.43 Å². The zero-order chi connectivity index (χ0) is 23.6. The number of hydrazone groups is 1. The molecule has 3 aromatic carbocycles. The maximum absolute atomic E-state index is 13.3. The second-order valence-corrected chi connectivity index (χ2v) is 6.50. The van der Waals surface area contributed by atoms with Crippen molar-refractivity contribution >= 4 is 18.1 Å². The molecule has 33 heavy (non-hydrogen) atoms. The summed E-state index contributed by atoms with van der Waals surface area (Å²) < 4.78 is 29.2. The average molecular weight is 447 g/mol. The lowest BCUT2D eigenvalue weighted by Crippen LogP contribution is -2.24. The lowest BCUT2D eigenvalue weighted by Gasteiger charge is -2.10. The van der Waals surface area contributed by atoms with Gasteiger partial charge in [-0.05, 0) is 54.1 Å². The first-order valence-electron chi connectivity index (χ1n) is 9.60. The van der Waals surface area contributed by atoms with Crippen molar-refractivity contribution in [3.63, 3.8) is 0 Å². The van der Waals surface area contributed by atoms with Crippen LogP contribution in [-0.4, -0.2) is 31.8 Å². The van der Waals surface area contributed by atoms with Crippen molar-refractivity contribution in [2.45, 2.75) is 0 Å². The monoisotopic (exact) mass is 447 g/mol. The molecule has 0 fully saturated rings. The summed E-state index contributed by atoms with van der Waals surface area (Å²) in [5.74, 6) is -1.13. The SMILES string of the molecule is COc1cc(/C=N\NC(=O)COc2ccccc2C#N)ccc1OC(=O)c1cccc(F)c1. The molecule has 3 rings (SSSR count). The van der Waals surface area contributed by atoms with E-state index in [4.69, 9.17) is 19.5 Å². The molecule has 0 saturated carbocycles. The van der Waals surface area contributed by atoms with Gasteiger partial charge in [0.25, 0.3) is 5.91 Å². The van der Waals surface area contributed by atoms with Crippen molar-refractivity contribution < 1.29 is 28.2 Å².